The first-order valence-corrected chi connectivity index (χ1v) is 6.88. The number of piperidine rings is 1. The monoisotopic (exact) mass is 240 g/mol. The molecule has 98 valence electrons. The number of hydrogen-bond donors (Lipinski definition) is 1. The van der Waals surface area contributed by atoms with Crippen molar-refractivity contribution in [2.24, 2.45) is 11.8 Å². The zero-order chi connectivity index (χ0) is 12.1. The van der Waals surface area contributed by atoms with E-state index in [0.29, 0.717) is 11.8 Å². The van der Waals surface area contributed by atoms with Gasteiger partial charge >= 0.3 is 0 Å². The minimum atomic E-state index is 0.266. The molecule has 0 saturated carbocycles. The number of carbonyl (C=O) groups excluding carboxylic acids is 1. The van der Waals surface area contributed by atoms with Crippen LogP contribution in [0, 0.1) is 11.8 Å². The van der Waals surface area contributed by atoms with Crippen molar-refractivity contribution in [3.8, 4) is 0 Å². The van der Waals surface area contributed by atoms with Crippen LogP contribution in [0.15, 0.2) is 0 Å². The van der Waals surface area contributed by atoms with Gasteiger partial charge in [-0.2, -0.15) is 0 Å². The summed E-state index contributed by atoms with van der Waals surface area (Å²) < 4.78 is 5.44. The molecule has 1 N–H and O–H groups in total. The van der Waals surface area contributed by atoms with Crippen molar-refractivity contribution in [3.05, 3.63) is 0 Å². The van der Waals surface area contributed by atoms with Crippen LogP contribution in [0.4, 0.5) is 0 Å². The maximum absolute atomic E-state index is 12.3. The normalized spacial score (nSPS) is 26.4. The Hall–Kier alpha value is -0.610. The van der Waals surface area contributed by atoms with E-state index in [0.717, 1.165) is 58.7 Å². The van der Waals surface area contributed by atoms with Crippen molar-refractivity contribution >= 4 is 5.91 Å². The van der Waals surface area contributed by atoms with E-state index < -0.39 is 0 Å². The third-order valence-electron chi connectivity index (χ3n) is 3.84. The smallest absolute Gasteiger partial charge is 0.225 e. The lowest BCUT2D eigenvalue weighted by atomic mass is 9.97. The minimum Gasteiger partial charge on any atom is -0.381 e. The first-order valence-electron chi connectivity index (χ1n) is 6.88. The summed E-state index contributed by atoms with van der Waals surface area (Å²) in [6.07, 6.45) is 3.12. The maximum Gasteiger partial charge on any atom is 0.225 e. The van der Waals surface area contributed by atoms with Crippen LogP contribution in [0.1, 0.15) is 26.2 Å². The zero-order valence-electron chi connectivity index (χ0n) is 10.8. The van der Waals surface area contributed by atoms with Crippen LogP contribution in [0.2, 0.25) is 0 Å². The number of ether oxygens (including phenoxy) is 1. The van der Waals surface area contributed by atoms with Crippen molar-refractivity contribution < 1.29 is 9.53 Å². The molecule has 1 amide bonds. The Bertz CT molecular complexity index is 252. The lowest BCUT2D eigenvalue weighted by molar-refractivity contribution is -0.135. The van der Waals surface area contributed by atoms with E-state index in [1.807, 2.05) is 6.92 Å². The molecule has 2 fully saturated rings. The van der Waals surface area contributed by atoms with Crippen molar-refractivity contribution in [2.45, 2.75) is 26.2 Å². The van der Waals surface area contributed by atoms with E-state index in [2.05, 4.69) is 10.2 Å². The molecular formula is C13H24N2O2. The van der Waals surface area contributed by atoms with Crippen molar-refractivity contribution in [3.63, 3.8) is 0 Å². The van der Waals surface area contributed by atoms with Crippen LogP contribution < -0.4 is 5.32 Å². The molecule has 4 nitrogen and oxygen atoms in total. The highest BCUT2D eigenvalue weighted by Gasteiger charge is 2.31. The van der Waals surface area contributed by atoms with Gasteiger partial charge in [0.1, 0.15) is 0 Å². The Kier molecular flexibility index (Phi) is 4.80. The van der Waals surface area contributed by atoms with Gasteiger partial charge in [0.15, 0.2) is 0 Å². The average molecular weight is 240 g/mol. The number of nitrogens with one attached hydrogen (secondary N) is 1. The van der Waals surface area contributed by atoms with E-state index in [1.165, 1.54) is 0 Å². The van der Waals surface area contributed by atoms with Crippen LogP contribution in [0.5, 0.6) is 0 Å². The molecule has 2 aliphatic heterocycles. The molecule has 0 bridgehead atoms. The fourth-order valence-corrected chi connectivity index (χ4v) is 2.78. The summed E-state index contributed by atoms with van der Waals surface area (Å²) >= 11 is 0. The molecule has 4 heteroatoms. The number of hydrogen-bond acceptors (Lipinski definition) is 3. The van der Waals surface area contributed by atoms with Crippen LogP contribution in [-0.2, 0) is 9.53 Å². The Morgan fingerprint density at radius 2 is 2.12 bits per heavy atom. The minimum absolute atomic E-state index is 0.266. The predicted molar refractivity (Wildman–Crippen MR) is 66.8 cm³/mol. The predicted octanol–water partition coefficient (Wildman–Crippen LogP) is 0.871. The molecule has 2 rings (SSSR count). The first-order chi connectivity index (χ1) is 8.31. The van der Waals surface area contributed by atoms with E-state index in [1.54, 1.807) is 0 Å². The topological polar surface area (TPSA) is 41.6 Å². The van der Waals surface area contributed by atoms with Gasteiger partial charge in [-0.05, 0) is 39.3 Å². The second kappa shape index (κ2) is 6.36. The van der Waals surface area contributed by atoms with Gasteiger partial charge in [-0.3, -0.25) is 4.79 Å². The summed E-state index contributed by atoms with van der Waals surface area (Å²) in [6, 6.07) is 0. The first kappa shape index (κ1) is 12.8. The van der Waals surface area contributed by atoms with E-state index in [-0.39, 0.29) is 5.92 Å². The third-order valence-corrected chi connectivity index (χ3v) is 3.84. The van der Waals surface area contributed by atoms with Gasteiger partial charge < -0.3 is 15.0 Å². The molecule has 2 aliphatic rings. The maximum atomic E-state index is 12.3. The molecule has 0 aliphatic carbocycles. The lowest BCUT2D eigenvalue weighted by Gasteiger charge is -2.26. The molecular weight excluding hydrogens is 216 g/mol. The number of carbonyl (C=O) groups is 1. The highest BCUT2D eigenvalue weighted by molar-refractivity contribution is 5.79. The SMILES string of the molecule is CCOCC1CCN(C(=O)C2CCNCC2)C1. The molecule has 2 heterocycles. The van der Waals surface area contributed by atoms with E-state index in [4.69, 9.17) is 4.74 Å². The third kappa shape index (κ3) is 3.42. The molecule has 1 atom stereocenters. The van der Waals surface area contributed by atoms with Crippen molar-refractivity contribution in [1.82, 2.24) is 10.2 Å². The molecule has 2 saturated heterocycles. The molecule has 0 aromatic carbocycles. The highest BCUT2D eigenvalue weighted by atomic mass is 16.5. The Morgan fingerprint density at radius 1 is 1.35 bits per heavy atom. The Labute approximate surface area is 104 Å². The second-order valence-corrected chi connectivity index (χ2v) is 5.12. The summed E-state index contributed by atoms with van der Waals surface area (Å²) in [5.41, 5.74) is 0. The summed E-state index contributed by atoms with van der Waals surface area (Å²) in [5.74, 6) is 1.20. The standard InChI is InChI=1S/C13H24N2O2/c1-2-17-10-11-5-8-15(9-11)13(16)12-3-6-14-7-4-12/h11-12,14H,2-10H2,1H3. The van der Waals surface area contributed by atoms with E-state index in [9.17, 15) is 4.79 Å². The molecule has 0 radical (unpaired) electrons. The summed E-state index contributed by atoms with van der Waals surface area (Å²) in [5, 5.41) is 3.31. The van der Waals surface area contributed by atoms with Crippen molar-refractivity contribution in [1.29, 1.82) is 0 Å². The van der Waals surface area contributed by atoms with Gasteiger partial charge in [-0.15, -0.1) is 0 Å². The van der Waals surface area contributed by atoms with Gasteiger partial charge in [0.2, 0.25) is 5.91 Å². The molecule has 17 heavy (non-hydrogen) atoms. The molecule has 0 aromatic rings. The Morgan fingerprint density at radius 3 is 2.82 bits per heavy atom. The molecule has 1 unspecified atom stereocenters. The summed E-state index contributed by atoms with van der Waals surface area (Å²) in [6.45, 7) is 7.43. The number of rotatable bonds is 4. The lowest BCUT2D eigenvalue weighted by Crippen LogP contribution is -2.40. The molecule has 0 spiro atoms. The Balaban J connectivity index is 1.76. The van der Waals surface area contributed by atoms with Crippen LogP contribution in [0.3, 0.4) is 0 Å². The average Bonchev–Trinajstić information content (AvgIpc) is 2.85. The van der Waals surface area contributed by atoms with Gasteiger partial charge in [-0.25, -0.2) is 0 Å². The van der Waals surface area contributed by atoms with Gasteiger partial charge in [0.25, 0.3) is 0 Å². The number of amides is 1. The van der Waals surface area contributed by atoms with Gasteiger partial charge in [0, 0.05) is 31.5 Å². The largest absolute Gasteiger partial charge is 0.381 e. The number of nitrogens with zero attached hydrogens (tertiary/aromatic N) is 1. The van der Waals surface area contributed by atoms with Crippen LogP contribution in [-0.4, -0.2) is 50.2 Å². The summed E-state index contributed by atoms with van der Waals surface area (Å²) in [7, 11) is 0. The van der Waals surface area contributed by atoms with Crippen LogP contribution >= 0.6 is 0 Å². The molecule has 0 aromatic heterocycles. The zero-order valence-corrected chi connectivity index (χ0v) is 10.8. The quantitative estimate of drug-likeness (QED) is 0.793. The summed E-state index contributed by atoms with van der Waals surface area (Å²) in [4.78, 5) is 14.3. The van der Waals surface area contributed by atoms with Gasteiger partial charge in [-0.1, -0.05) is 0 Å². The second-order valence-electron chi connectivity index (χ2n) is 5.12. The number of likely N-dealkylation sites (tertiary alicyclic amines) is 1. The highest BCUT2D eigenvalue weighted by Crippen LogP contribution is 2.22. The van der Waals surface area contributed by atoms with Crippen LogP contribution in [0.25, 0.3) is 0 Å². The van der Waals surface area contributed by atoms with Gasteiger partial charge in [0.05, 0.1) is 6.61 Å². The van der Waals surface area contributed by atoms with Crippen molar-refractivity contribution in [2.75, 3.05) is 39.4 Å². The van der Waals surface area contributed by atoms with E-state index >= 15 is 0 Å². The fraction of sp³-hybridized carbons (Fsp3) is 0.923. The fourth-order valence-electron chi connectivity index (χ4n) is 2.78.